The zero-order valence-corrected chi connectivity index (χ0v) is 14.4. The van der Waals surface area contributed by atoms with Gasteiger partial charge < -0.3 is 10.2 Å². The molecule has 21 heavy (non-hydrogen) atoms. The van der Waals surface area contributed by atoms with Gasteiger partial charge in [-0.25, -0.2) is 9.97 Å². The maximum absolute atomic E-state index is 4.74. The van der Waals surface area contributed by atoms with E-state index >= 15 is 0 Å². The average molecular weight is 290 g/mol. The van der Waals surface area contributed by atoms with Gasteiger partial charge in [-0.1, -0.05) is 34.6 Å². The largest absolute Gasteiger partial charge is 0.368 e. The van der Waals surface area contributed by atoms with Gasteiger partial charge in [0.1, 0.15) is 11.6 Å². The van der Waals surface area contributed by atoms with E-state index < -0.39 is 0 Å². The molecule has 0 bridgehead atoms. The molecule has 1 unspecified atom stereocenters. The summed E-state index contributed by atoms with van der Waals surface area (Å²) >= 11 is 0. The lowest BCUT2D eigenvalue weighted by atomic mass is 9.91. The molecule has 1 aliphatic rings. The summed E-state index contributed by atoms with van der Waals surface area (Å²) in [6.45, 7) is 13.1. The molecule has 1 aromatic rings. The lowest BCUT2D eigenvalue weighted by Crippen LogP contribution is -2.32. The number of hydrogen-bond donors (Lipinski definition) is 1. The molecular formula is C17H30N4. The minimum atomic E-state index is 0.0488. The summed E-state index contributed by atoms with van der Waals surface area (Å²) in [5, 5.41) is 3.53. The fourth-order valence-electron chi connectivity index (χ4n) is 2.66. The summed E-state index contributed by atoms with van der Waals surface area (Å²) in [5.41, 5.74) is 1.16. The summed E-state index contributed by atoms with van der Waals surface area (Å²) in [5.74, 6) is 2.26. The van der Waals surface area contributed by atoms with E-state index in [1.54, 1.807) is 0 Å². The molecule has 2 rings (SSSR count). The SMILES string of the molecule is CC(C)c1nc(NCC2CCCN2C)cc(C(C)(C)C)n1. The third kappa shape index (κ3) is 4.16. The Morgan fingerprint density at radius 3 is 2.57 bits per heavy atom. The standard InChI is InChI=1S/C17H30N4/c1-12(2)16-19-14(17(3,4)5)10-15(20-16)18-11-13-8-7-9-21(13)6/h10,12-13H,7-9,11H2,1-6H3,(H,18,19,20). The van der Waals surface area contributed by atoms with Crippen LogP contribution in [0.1, 0.15) is 64.9 Å². The average Bonchev–Trinajstić information content (AvgIpc) is 2.80. The first-order valence-electron chi connectivity index (χ1n) is 8.11. The first-order chi connectivity index (χ1) is 9.77. The molecule has 2 heterocycles. The van der Waals surface area contributed by atoms with Gasteiger partial charge in [0.15, 0.2) is 0 Å². The highest BCUT2D eigenvalue weighted by Crippen LogP contribution is 2.24. The van der Waals surface area contributed by atoms with Gasteiger partial charge in [-0.2, -0.15) is 0 Å². The molecule has 0 aliphatic carbocycles. The number of nitrogens with zero attached hydrogens (tertiary/aromatic N) is 3. The zero-order chi connectivity index (χ0) is 15.6. The molecule has 0 radical (unpaired) electrons. The summed E-state index contributed by atoms with van der Waals surface area (Å²) in [7, 11) is 2.21. The summed E-state index contributed by atoms with van der Waals surface area (Å²) in [6.07, 6.45) is 2.58. The van der Waals surface area contributed by atoms with E-state index in [0.29, 0.717) is 12.0 Å². The van der Waals surface area contributed by atoms with Crippen molar-refractivity contribution in [1.82, 2.24) is 14.9 Å². The molecule has 0 amide bonds. The molecular weight excluding hydrogens is 260 g/mol. The zero-order valence-electron chi connectivity index (χ0n) is 14.4. The highest BCUT2D eigenvalue weighted by molar-refractivity contribution is 5.38. The van der Waals surface area contributed by atoms with Gasteiger partial charge in [0.05, 0.1) is 5.69 Å². The summed E-state index contributed by atoms with van der Waals surface area (Å²) < 4.78 is 0. The first-order valence-corrected chi connectivity index (χ1v) is 8.11. The highest BCUT2D eigenvalue weighted by atomic mass is 15.2. The van der Waals surface area contributed by atoms with Gasteiger partial charge in [0, 0.05) is 30.0 Å². The van der Waals surface area contributed by atoms with Crippen LogP contribution >= 0.6 is 0 Å². The molecule has 1 saturated heterocycles. The van der Waals surface area contributed by atoms with E-state index in [-0.39, 0.29) is 5.41 Å². The molecule has 118 valence electrons. The van der Waals surface area contributed by atoms with Gasteiger partial charge in [-0.15, -0.1) is 0 Å². The topological polar surface area (TPSA) is 41.1 Å². The number of nitrogens with one attached hydrogen (secondary N) is 1. The van der Waals surface area contributed by atoms with E-state index in [1.165, 1.54) is 19.4 Å². The Balaban J connectivity index is 2.16. The second-order valence-electron chi connectivity index (χ2n) is 7.56. The molecule has 4 nitrogen and oxygen atoms in total. The van der Waals surface area contributed by atoms with Crippen LogP contribution in [0.2, 0.25) is 0 Å². The van der Waals surface area contributed by atoms with Gasteiger partial charge >= 0.3 is 0 Å². The van der Waals surface area contributed by atoms with Crippen molar-refractivity contribution >= 4 is 5.82 Å². The van der Waals surface area contributed by atoms with Crippen molar-refractivity contribution in [2.75, 3.05) is 25.5 Å². The van der Waals surface area contributed by atoms with Gasteiger partial charge in [0.2, 0.25) is 0 Å². The molecule has 0 spiro atoms. The van der Waals surface area contributed by atoms with E-state index in [0.717, 1.165) is 23.9 Å². The minimum Gasteiger partial charge on any atom is -0.368 e. The Kier molecular flexibility index (Phi) is 4.87. The fraction of sp³-hybridized carbons (Fsp3) is 0.765. The minimum absolute atomic E-state index is 0.0488. The predicted molar refractivity (Wildman–Crippen MR) is 89.0 cm³/mol. The van der Waals surface area contributed by atoms with Crippen LogP contribution in [0.3, 0.4) is 0 Å². The third-order valence-corrected chi connectivity index (χ3v) is 4.22. The van der Waals surface area contributed by atoms with Crippen LogP contribution in [0.25, 0.3) is 0 Å². The van der Waals surface area contributed by atoms with E-state index in [9.17, 15) is 0 Å². The van der Waals surface area contributed by atoms with Crippen LogP contribution in [0.4, 0.5) is 5.82 Å². The normalized spacial score (nSPS) is 20.2. The molecule has 1 aliphatic heterocycles. The smallest absolute Gasteiger partial charge is 0.133 e. The lowest BCUT2D eigenvalue weighted by molar-refractivity contribution is 0.322. The van der Waals surface area contributed by atoms with Crippen molar-refractivity contribution in [2.24, 2.45) is 0 Å². The molecule has 1 aromatic heterocycles. The summed E-state index contributed by atoms with van der Waals surface area (Å²) in [6, 6.07) is 2.74. The van der Waals surface area contributed by atoms with E-state index in [1.807, 2.05) is 0 Å². The van der Waals surface area contributed by atoms with E-state index in [4.69, 9.17) is 9.97 Å². The van der Waals surface area contributed by atoms with Crippen LogP contribution in [0, 0.1) is 0 Å². The number of hydrogen-bond acceptors (Lipinski definition) is 4. The Hall–Kier alpha value is -1.16. The maximum atomic E-state index is 4.74. The number of likely N-dealkylation sites (tertiary alicyclic amines) is 1. The first kappa shape index (κ1) is 16.2. The van der Waals surface area contributed by atoms with Gasteiger partial charge in [-0.05, 0) is 26.4 Å². The van der Waals surface area contributed by atoms with Gasteiger partial charge in [-0.3, -0.25) is 0 Å². The predicted octanol–water partition coefficient (Wildman–Crippen LogP) is 3.40. The van der Waals surface area contributed by atoms with Crippen molar-refractivity contribution in [3.05, 3.63) is 17.6 Å². The van der Waals surface area contributed by atoms with Crippen LogP contribution in [0.5, 0.6) is 0 Å². The molecule has 1 atom stereocenters. The number of aromatic nitrogens is 2. The quantitative estimate of drug-likeness (QED) is 0.922. The molecule has 1 N–H and O–H groups in total. The third-order valence-electron chi connectivity index (χ3n) is 4.22. The van der Waals surface area contributed by atoms with Crippen molar-refractivity contribution in [1.29, 1.82) is 0 Å². The van der Waals surface area contributed by atoms with Crippen LogP contribution in [-0.2, 0) is 5.41 Å². The van der Waals surface area contributed by atoms with Crippen LogP contribution in [-0.4, -0.2) is 41.0 Å². The Bertz CT molecular complexity index is 476. The molecule has 0 aromatic carbocycles. The van der Waals surface area contributed by atoms with Crippen molar-refractivity contribution in [3.63, 3.8) is 0 Å². The monoisotopic (exact) mass is 290 g/mol. The Morgan fingerprint density at radius 1 is 1.33 bits per heavy atom. The second-order valence-corrected chi connectivity index (χ2v) is 7.56. The van der Waals surface area contributed by atoms with Crippen molar-refractivity contribution < 1.29 is 0 Å². The highest BCUT2D eigenvalue weighted by Gasteiger charge is 2.22. The Labute approximate surface area is 129 Å². The maximum Gasteiger partial charge on any atom is 0.133 e. The van der Waals surface area contributed by atoms with Gasteiger partial charge in [0.25, 0.3) is 0 Å². The van der Waals surface area contributed by atoms with Crippen LogP contribution in [0.15, 0.2) is 6.07 Å². The summed E-state index contributed by atoms with van der Waals surface area (Å²) in [4.78, 5) is 11.9. The number of rotatable bonds is 4. The molecule has 1 fully saturated rings. The lowest BCUT2D eigenvalue weighted by Gasteiger charge is -2.23. The molecule has 4 heteroatoms. The van der Waals surface area contributed by atoms with E-state index in [2.05, 4.69) is 57.9 Å². The second kappa shape index (κ2) is 6.30. The number of anilines is 1. The number of likely N-dealkylation sites (N-methyl/N-ethyl adjacent to an activating group) is 1. The fourth-order valence-corrected chi connectivity index (χ4v) is 2.66. The van der Waals surface area contributed by atoms with Crippen molar-refractivity contribution in [3.8, 4) is 0 Å². The van der Waals surface area contributed by atoms with Crippen LogP contribution < -0.4 is 5.32 Å². The molecule has 0 saturated carbocycles. The Morgan fingerprint density at radius 2 is 2.05 bits per heavy atom. The van der Waals surface area contributed by atoms with Crippen molar-refractivity contribution in [2.45, 2.75) is 64.8 Å².